The van der Waals surface area contributed by atoms with E-state index in [9.17, 15) is 9.59 Å². The molecule has 6 heteroatoms. The lowest BCUT2D eigenvalue weighted by Gasteiger charge is -2.23. The van der Waals surface area contributed by atoms with E-state index in [4.69, 9.17) is 0 Å². The Balaban J connectivity index is 1.62. The number of hydrogen-bond acceptors (Lipinski definition) is 4. The van der Waals surface area contributed by atoms with Gasteiger partial charge in [-0.05, 0) is 56.2 Å². The highest BCUT2D eigenvalue weighted by Crippen LogP contribution is 2.28. The van der Waals surface area contributed by atoms with Crippen LogP contribution in [0.2, 0.25) is 0 Å². The van der Waals surface area contributed by atoms with Gasteiger partial charge in [0.15, 0.2) is 0 Å². The second kappa shape index (κ2) is 7.88. The minimum absolute atomic E-state index is 0.0442. The smallest absolute Gasteiger partial charge is 0.251 e. The van der Waals surface area contributed by atoms with Crippen LogP contribution in [0.4, 0.5) is 0 Å². The molecule has 140 valence electrons. The van der Waals surface area contributed by atoms with Gasteiger partial charge in [-0.25, -0.2) is 4.98 Å². The number of thiazole rings is 1. The number of nitrogens with zero attached hydrogens (tertiary/aromatic N) is 2. The summed E-state index contributed by atoms with van der Waals surface area (Å²) in [5, 5.41) is 3.59. The number of amides is 2. The Morgan fingerprint density at radius 3 is 2.59 bits per heavy atom. The van der Waals surface area contributed by atoms with Crippen LogP contribution in [0.1, 0.15) is 39.5 Å². The highest BCUT2D eigenvalue weighted by Gasteiger charge is 2.21. The molecule has 0 fully saturated rings. The topological polar surface area (TPSA) is 62.3 Å². The minimum Gasteiger partial charge on any atom is -0.343 e. The maximum absolute atomic E-state index is 12.5. The van der Waals surface area contributed by atoms with Gasteiger partial charge in [0.25, 0.3) is 5.91 Å². The van der Waals surface area contributed by atoms with E-state index >= 15 is 0 Å². The molecule has 1 aromatic heterocycles. The second-order valence-corrected chi connectivity index (χ2v) is 7.74. The second-order valence-electron chi connectivity index (χ2n) is 6.68. The minimum atomic E-state index is -0.243. The SMILES string of the molecule is Cc1ccc(C(=O)NCC(=O)N(C)[C@@H](C)c2nc3ccccc3s2)cc1C. The van der Waals surface area contributed by atoms with Crippen molar-refractivity contribution in [2.24, 2.45) is 0 Å². The van der Waals surface area contributed by atoms with Crippen molar-refractivity contribution < 1.29 is 9.59 Å². The Morgan fingerprint density at radius 2 is 1.89 bits per heavy atom. The summed E-state index contributed by atoms with van der Waals surface area (Å²) < 4.78 is 1.10. The summed E-state index contributed by atoms with van der Waals surface area (Å²) in [6.07, 6.45) is 0. The maximum Gasteiger partial charge on any atom is 0.251 e. The van der Waals surface area contributed by atoms with Crippen LogP contribution < -0.4 is 5.32 Å². The van der Waals surface area contributed by atoms with E-state index < -0.39 is 0 Å². The summed E-state index contributed by atoms with van der Waals surface area (Å²) >= 11 is 1.58. The lowest BCUT2D eigenvalue weighted by Crippen LogP contribution is -2.39. The van der Waals surface area contributed by atoms with E-state index in [0.29, 0.717) is 5.56 Å². The molecule has 0 unspecified atom stereocenters. The van der Waals surface area contributed by atoms with Gasteiger partial charge in [-0.1, -0.05) is 18.2 Å². The van der Waals surface area contributed by atoms with Gasteiger partial charge < -0.3 is 10.2 Å². The molecule has 3 rings (SSSR count). The zero-order valence-electron chi connectivity index (χ0n) is 15.9. The Labute approximate surface area is 163 Å². The lowest BCUT2D eigenvalue weighted by atomic mass is 10.1. The molecule has 0 spiro atoms. The predicted octanol–water partition coefficient (Wildman–Crippen LogP) is 3.86. The molecule has 1 heterocycles. The van der Waals surface area contributed by atoms with E-state index in [1.165, 1.54) is 0 Å². The van der Waals surface area contributed by atoms with Crippen LogP contribution in [0.3, 0.4) is 0 Å². The first-order chi connectivity index (χ1) is 12.9. The number of para-hydroxylation sites is 1. The van der Waals surface area contributed by atoms with Crippen LogP contribution in [-0.2, 0) is 4.79 Å². The van der Waals surface area contributed by atoms with Crippen molar-refractivity contribution in [1.82, 2.24) is 15.2 Å². The molecule has 0 aliphatic carbocycles. The van der Waals surface area contributed by atoms with Crippen molar-refractivity contribution in [2.45, 2.75) is 26.8 Å². The molecule has 2 aromatic carbocycles. The Morgan fingerprint density at radius 1 is 1.15 bits per heavy atom. The van der Waals surface area contributed by atoms with Gasteiger partial charge >= 0.3 is 0 Å². The van der Waals surface area contributed by atoms with E-state index in [-0.39, 0.29) is 24.4 Å². The molecular weight excluding hydrogens is 358 g/mol. The molecule has 0 bridgehead atoms. The third-order valence-electron chi connectivity index (χ3n) is 4.81. The van der Waals surface area contributed by atoms with Crippen LogP contribution >= 0.6 is 11.3 Å². The van der Waals surface area contributed by atoms with Gasteiger partial charge in [-0.15, -0.1) is 11.3 Å². The summed E-state index contributed by atoms with van der Waals surface area (Å²) in [5.74, 6) is -0.397. The predicted molar refractivity (Wildman–Crippen MR) is 109 cm³/mol. The molecule has 0 aliphatic rings. The Kier molecular flexibility index (Phi) is 5.56. The van der Waals surface area contributed by atoms with Gasteiger partial charge in [-0.2, -0.15) is 0 Å². The summed E-state index contributed by atoms with van der Waals surface area (Å²) in [6.45, 7) is 5.86. The number of carbonyl (C=O) groups is 2. The number of carbonyl (C=O) groups excluding carboxylic acids is 2. The fourth-order valence-corrected chi connectivity index (χ4v) is 3.78. The largest absolute Gasteiger partial charge is 0.343 e. The molecule has 27 heavy (non-hydrogen) atoms. The van der Waals surface area contributed by atoms with E-state index in [1.807, 2.05) is 57.2 Å². The first kappa shape index (κ1) is 19.0. The molecule has 3 aromatic rings. The van der Waals surface area contributed by atoms with Crippen molar-refractivity contribution >= 4 is 33.4 Å². The summed E-state index contributed by atoms with van der Waals surface area (Å²) in [4.78, 5) is 31.1. The number of nitrogens with one attached hydrogen (secondary N) is 1. The number of benzene rings is 2. The van der Waals surface area contributed by atoms with Crippen molar-refractivity contribution in [3.05, 3.63) is 64.2 Å². The van der Waals surface area contributed by atoms with Gasteiger partial charge in [0.1, 0.15) is 5.01 Å². The van der Waals surface area contributed by atoms with E-state index in [0.717, 1.165) is 26.4 Å². The Hall–Kier alpha value is -2.73. The summed E-state index contributed by atoms with van der Waals surface area (Å²) in [6, 6.07) is 13.3. The number of fused-ring (bicyclic) bond motifs is 1. The number of likely N-dealkylation sites (N-methyl/N-ethyl adjacent to an activating group) is 1. The number of aromatic nitrogens is 1. The van der Waals surface area contributed by atoms with Crippen LogP contribution in [0.25, 0.3) is 10.2 Å². The maximum atomic E-state index is 12.5. The van der Waals surface area contributed by atoms with Crippen LogP contribution in [0, 0.1) is 13.8 Å². The summed E-state index contributed by atoms with van der Waals surface area (Å²) in [7, 11) is 1.74. The van der Waals surface area contributed by atoms with Crippen LogP contribution in [-0.4, -0.2) is 35.3 Å². The van der Waals surface area contributed by atoms with Crippen molar-refractivity contribution in [2.75, 3.05) is 13.6 Å². The van der Waals surface area contributed by atoms with Gasteiger partial charge in [0.2, 0.25) is 5.91 Å². The zero-order valence-corrected chi connectivity index (χ0v) is 16.8. The third kappa shape index (κ3) is 4.17. The normalized spacial score (nSPS) is 12.0. The van der Waals surface area contributed by atoms with Crippen LogP contribution in [0.5, 0.6) is 0 Å². The Bertz CT molecular complexity index is 963. The van der Waals surface area contributed by atoms with Crippen molar-refractivity contribution in [3.63, 3.8) is 0 Å². The highest BCUT2D eigenvalue weighted by molar-refractivity contribution is 7.18. The first-order valence-corrected chi connectivity index (χ1v) is 9.65. The standard InChI is InChI=1S/C21H23N3O2S/c1-13-9-10-16(11-14(13)2)20(26)22-12-19(25)24(4)15(3)21-23-17-7-5-6-8-18(17)27-21/h5-11,15H,12H2,1-4H3,(H,22,26)/t15-/m0/s1. The number of hydrogen-bond donors (Lipinski definition) is 1. The number of aryl methyl sites for hydroxylation is 2. The molecule has 1 atom stereocenters. The van der Waals surface area contributed by atoms with Gasteiger partial charge in [0, 0.05) is 12.6 Å². The van der Waals surface area contributed by atoms with E-state index in [1.54, 1.807) is 29.4 Å². The van der Waals surface area contributed by atoms with Gasteiger partial charge in [0.05, 0.1) is 22.8 Å². The zero-order chi connectivity index (χ0) is 19.6. The molecule has 0 saturated carbocycles. The summed E-state index contributed by atoms with van der Waals surface area (Å²) in [5.41, 5.74) is 3.68. The van der Waals surface area contributed by atoms with Gasteiger partial charge in [-0.3, -0.25) is 9.59 Å². The first-order valence-electron chi connectivity index (χ1n) is 8.83. The molecule has 5 nitrogen and oxygen atoms in total. The van der Waals surface area contributed by atoms with Crippen molar-refractivity contribution in [3.8, 4) is 0 Å². The average Bonchev–Trinajstić information content (AvgIpc) is 3.11. The third-order valence-corrected chi connectivity index (χ3v) is 6.02. The average molecular weight is 382 g/mol. The monoisotopic (exact) mass is 381 g/mol. The highest BCUT2D eigenvalue weighted by atomic mass is 32.1. The molecule has 1 N–H and O–H groups in total. The molecule has 0 aliphatic heterocycles. The van der Waals surface area contributed by atoms with Crippen LogP contribution in [0.15, 0.2) is 42.5 Å². The molecule has 0 radical (unpaired) electrons. The molecule has 0 saturated heterocycles. The molecular formula is C21H23N3O2S. The fraction of sp³-hybridized carbons (Fsp3) is 0.286. The fourth-order valence-electron chi connectivity index (χ4n) is 2.72. The van der Waals surface area contributed by atoms with E-state index in [2.05, 4.69) is 10.3 Å². The lowest BCUT2D eigenvalue weighted by molar-refractivity contribution is -0.130. The number of rotatable bonds is 5. The van der Waals surface area contributed by atoms with Crippen molar-refractivity contribution in [1.29, 1.82) is 0 Å². The quantitative estimate of drug-likeness (QED) is 0.730. The molecule has 2 amide bonds.